The van der Waals surface area contributed by atoms with Crippen LogP contribution < -0.4 is 5.73 Å². The summed E-state index contributed by atoms with van der Waals surface area (Å²) in [4.78, 5) is 0. The topological polar surface area (TPSA) is 26.0 Å². The highest BCUT2D eigenvalue weighted by Gasteiger charge is 1.68. The lowest BCUT2D eigenvalue weighted by Gasteiger charge is -1.80. The Bertz CT molecular complexity index is 180. The van der Waals surface area contributed by atoms with Crippen molar-refractivity contribution in [2.45, 2.75) is 13.8 Å². The molecule has 0 bridgehead atoms. The molecule has 0 unspecified atom stereocenters. The number of nitrogens with two attached hydrogens (primary N) is 1. The molecule has 0 aromatic heterocycles. The Hall–Kier alpha value is 0.140. The molecule has 2 N–H and O–H groups in total. The van der Waals surface area contributed by atoms with E-state index in [1.807, 2.05) is 24.6 Å². The van der Waals surface area contributed by atoms with Crippen LogP contribution >= 0.6 is 22.3 Å². The van der Waals surface area contributed by atoms with E-state index in [1.165, 1.54) is 0 Å². The molecule has 0 aromatic carbocycles. The fourth-order valence-corrected chi connectivity index (χ4v) is 1.77. The fourth-order valence-electron chi connectivity index (χ4n) is 0.378. The van der Waals surface area contributed by atoms with Gasteiger partial charge in [0, 0.05) is 0 Å². The average molecular weight is 149 g/mol. The van der Waals surface area contributed by atoms with Crippen LogP contribution in [0.5, 0.6) is 0 Å². The highest BCUT2D eigenvalue weighted by atomic mass is 32.2. The highest BCUT2D eigenvalue weighted by molar-refractivity contribution is 8.25. The van der Waals surface area contributed by atoms with Crippen LogP contribution in [0.15, 0.2) is 0 Å². The molecule has 0 fully saturated rings. The van der Waals surface area contributed by atoms with E-state index in [2.05, 4.69) is 12.6 Å². The van der Waals surface area contributed by atoms with Gasteiger partial charge in [0.15, 0.2) is 0 Å². The predicted octanol–water partition coefficient (Wildman–Crippen LogP) is 0.875. The molecular formula is C5H11NS2. The molecule has 0 aromatic rings. The van der Waals surface area contributed by atoms with E-state index in [0.29, 0.717) is 4.32 Å². The first-order chi connectivity index (χ1) is 3.72. The highest BCUT2D eigenvalue weighted by Crippen LogP contribution is 1.84. The van der Waals surface area contributed by atoms with Gasteiger partial charge in [0.1, 0.15) is 0 Å². The van der Waals surface area contributed by atoms with Crippen molar-refractivity contribution >= 4 is 37.3 Å². The van der Waals surface area contributed by atoms with Gasteiger partial charge < -0.3 is 0 Å². The molecule has 0 rings (SSSR count). The van der Waals surface area contributed by atoms with E-state index < -0.39 is 0 Å². The number of hydrogen-bond acceptors (Lipinski definition) is 0. The van der Waals surface area contributed by atoms with Crippen molar-refractivity contribution < 1.29 is 0 Å². The lowest BCUT2D eigenvalue weighted by molar-refractivity contribution is 1.91. The van der Waals surface area contributed by atoms with Gasteiger partial charge in [0.2, 0.25) is 0 Å². The molecule has 0 atom stereocenters. The third-order valence-corrected chi connectivity index (χ3v) is 2.88. The van der Waals surface area contributed by atoms with E-state index in [4.69, 9.17) is 5.73 Å². The van der Waals surface area contributed by atoms with Crippen LogP contribution in [0.4, 0.5) is 0 Å². The van der Waals surface area contributed by atoms with Crippen molar-refractivity contribution in [1.29, 1.82) is 0 Å². The summed E-state index contributed by atoms with van der Waals surface area (Å²) >= 11 is 4.00. The summed E-state index contributed by atoms with van der Waals surface area (Å²) in [5, 5.41) is 4.06. The van der Waals surface area contributed by atoms with Gasteiger partial charge in [-0.15, -0.1) is 12.6 Å². The van der Waals surface area contributed by atoms with Crippen LogP contribution in [0.25, 0.3) is 0 Å². The minimum absolute atomic E-state index is 0.0185. The van der Waals surface area contributed by atoms with Crippen LogP contribution in [0.1, 0.15) is 13.8 Å². The fraction of sp³-hybridized carbons (Fsp3) is 0.400. The van der Waals surface area contributed by atoms with Crippen LogP contribution in [-0.4, -0.2) is 15.1 Å². The zero-order valence-corrected chi connectivity index (χ0v) is 6.80. The smallest absolute Gasteiger partial charge is 0.0877 e. The Morgan fingerprint density at radius 2 is 1.88 bits per heavy atom. The third kappa shape index (κ3) is 2.45. The van der Waals surface area contributed by atoms with Gasteiger partial charge in [-0.2, -0.15) is 9.66 Å². The predicted molar refractivity (Wildman–Crippen MR) is 49.2 cm³/mol. The minimum atomic E-state index is 0.0185. The second kappa shape index (κ2) is 4.06. The number of hydrogen-bond donors (Lipinski definition) is 2. The normalized spacial score (nSPS) is 8.00. The van der Waals surface area contributed by atoms with E-state index in [1.54, 1.807) is 0 Å². The minimum Gasteiger partial charge on any atom is -0.289 e. The molecule has 0 heterocycles. The van der Waals surface area contributed by atoms with Crippen LogP contribution in [0.2, 0.25) is 0 Å². The molecule has 0 aliphatic carbocycles. The SMILES string of the molecule is CC=S(=CC)=C(N)S. The first-order valence-electron chi connectivity index (χ1n) is 2.34. The Kier molecular flexibility index (Phi) is 4.13. The molecule has 48 valence electrons. The monoisotopic (exact) mass is 149 g/mol. The second-order valence-electron chi connectivity index (χ2n) is 1.18. The Labute approximate surface area is 57.4 Å². The van der Waals surface area contributed by atoms with Crippen molar-refractivity contribution in [3.8, 4) is 0 Å². The molecule has 0 spiro atoms. The van der Waals surface area contributed by atoms with Crippen LogP contribution in [-0.2, 0) is 0 Å². The Balaban J connectivity index is 4.95. The van der Waals surface area contributed by atoms with Crippen molar-refractivity contribution in [1.82, 2.24) is 0 Å². The summed E-state index contributed by atoms with van der Waals surface area (Å²) in [6.45, 7) is 3.96. The number of thiol groups is 1. The Morgan fingerprint density at radius 1 is 1.50 bits per heavy atom. The molecule has 0 amide bonds. The molecule has 0 aliphatic rings. The first kappa shape index (κ1) is 8.14. The second-order valence-corrected chi connectivity index (χ2v) is 4.09. The summed E-state index contributed by atoms with van der Waals surface area (Å²) < 4.78 is 0.690. The van der Waals surface area contributed by atoms with Crippen molar-refractivity contribution in [3.05, 3.63) is 0 Å². The van der Waals surface area contributed by atoms with Crippen LogP contribution in [0.3, 0.4) is 0 Å². The van der Waals surface area contributed by atoms with Gasteiger partial charge in [-0.05, 0) is 24.6 Å². The van der Waals surface area contributed by atoms with E-state index in [-0.39, 0.29) is 9.66 Å². The molecule has 0 saturated heterocycles. The van der Waals surface area contributed by atoms with Gasteiger partial charge in [-0.25, -0.2) is 0 Å². The number of rotatable bonds is 0. The standard InChI is InChI=1S/C5H11NS2/c1-3-8(4-2)5(6)7/h3-4,7H,6H2,1-2H3. The molecule has 0 aliphatic heterocycles. The molecule has 0 radical (unpaired) electrons. The Morgan fingerprint density at radius 3 is 1.88 bits per heavy atom. The lowest BCUT2D eigenvalue weighted by Crippen LogP contribution is -1.98. The van der Waals surface area contributed by atoms with E-state index >= 15 is 0 Å². The van der Waals surface area contributed by atoms with Gasteiger partial charge >= 0.3 is 0 Å². The quantitative estimate of drug-likeness (QED) is 0.388. The van der Waals surface area contributed by atoms with Crippen molar-refractivity contribution in [3.63, 3.8) is 0 Å². The van der Waals surface area contributed by atoms with Gasteiger partial charge in [0.05, 0.1) is 4.32 Å². The summed E-state index contributed by atoms with van der Waals surface area (Å²) in [6, 6.07) is 0. The zero-order chi connectivity index (χ0) is 6.57. The van der Waals surface area contributed by atoms with Gasteiger partial charge in [0.25, 0.3) is 0 Å². The summed E-state index contributed by atoms with van der Waals surface area (Å²) in [5.74, 6) is 0. The molecule has 8 heavy (non-hydrogen) atoms. The van der Waals surface area contributed by atoms with Gasteiger partial charge in [-0.1, -0.05) is 0 Å². The zero-order valence-electron chi connectivity index (χ0n) is 5.09. The summed E-state index contributed by atoms with van der Waals surface area (Å²) in [6.07, 6.45) is 0. The molecule has 0 saturated carbocycles. The van der Waals surface area contributed by atoms with E-state index in [9.17, 15) is 0 Å². The maximum atomic E-state index is 5.39. The lowest BCUT2D eigenvalue weighted by atomic mass is 11.0. The largest absolute Gasteiger partial charge is 0.289 e. The molecule has 1 nitrogen and oxygen atoms in total. The molecule has 3 heteroatoms. The van der Waals surface area contributed by atoms with Crippen molar-refractivity contribution in [2.24, 2.45) is 5.73 Å². The van der Waals surface area contributed by atoms with E-state index in [0.717, 1.165) is 0 Å². The van der Waals surface area contributed by atoms with Crippen molar-refractivity contribution in [2.75, 3.05) is 0 Å². The maximum Gasteiger partial charge on any atom is 0.0877 e. The average Bonchev–Trinajstić information content (AvgIpc) is 1.69. The maximum absolute atomic E-state index is 5.39. The first-order valence-corrected chi connectivity index (χ1v) is 4.14. The molecular weight excluding hydrogens is 138 g/mol. The summed E-state index contributed by atoms with van der Waals surface area (Å²) in [5.41, 5.74) is 5.39. The summed E-state index contributed by atoms with van der Waals surface area (Å²) in [7, 11) is 0.0185. The third-order valence-electron chi connectivity index (χ3n) is 0.749. The van der Waals surface area contributed by atoms with Crippen LogP contribution in [0, 0.1) is 0 Å². The van der Waals surface area contributed by atoms with Gasteiger partial charge in [-0.3, -0.25) is 5.73 Å².